The Balaban J connectivity index is 1.71. The van der Waals surface area contributed by atoms with Gasteiger partial charge in [-0.3, -0.25) is 9.97 Å². The van der Waals surface area contributed by atoms with Gasteiger partial charge < -0.3 is 15.0 Å². The van der Waals surface area contributed by atoms with Gasteiger partial charge in [0.25, 0.3) is 0 Å². The molecule has 0 bridgehead atoms. The lowest BCUT2D eigenvalue weighted by molar-refractivity contribution is 0.223. The number of H-pyrrole nitrogens is 1. The van der Waals surface area contributed by atoms with Crippen LogP contribution in [0.15, 0.2) is 61.1 Å². The molecule has 1 saturated heterocycles. The molecular weight excluding hydrogens is 372 g/mol. The van der Waals surface area contributed by atoms with Gasteiger partial charge in [-0.25, -0.2) is 0 Å². The smallest absolute Gasteiger partial charge is 0.147 e. The summed E-state index contributed by atoms with van der Waals surface area (Å²) < 4.78 is 6.28. The van der Waals surface area contributed by atoms with Crippen molar-refractivity contribution in [3.63, 3.8) is 0 Å². The number of hydrogen-bond acceptors (Lipinski definition) is 4. The molecule has 0 radical (unpaired) electrons. The van der Waals surface area contributed by atoms with Crippen LogP contribution in [0.1, 0.15) is 6.42 Å². The van der Waals surface area contributed by atoms with Crippen LogP contribution in [0.5, 0.6) is 5.75 Å². The van der Waals surface area contributed by atoms with Crippen LogP contribution in [0.4, 0.5) is 0 Å². The number of aromatic amines is 1. The Bertz CT molecular complexity index is 1130. The largest absolute Gasteiger partial charge is 0.487 e. The maximum Gasteiger partial charge on any atom is 0.147 e. The lowest BCUT2D eigenvalue weighted by Gasteiger charge is -2.16. The van der Waals surface area contributed by atoms with Gasteiger partial charge in [0.05, 0.1) is 22.9 Å². The number of hydrogen-bond donors (Lipinski definition) is 2. The summed E-state index contributed by atoms with van der Waals surface area (Å²) in [5, 5.41) is 4.03. The number of nitrogens with one attached hydrogen (secondary N) is 2. The number of nitrogens with zero attached hydrogens (tertiary/aromatic N) is 2. The van der Waals surface area contributed by atoms with Gasteiger partial charge in [0.1, 0.15) is 11.9 Å². The molecule has 2 N–H and O–H groups in total. The van der Waals surface area contributed by atoms with Crippen molar-refractivity contribution in [3.05, 3.63) is 66.1 Å². The fraction of sp³-hybridized carbons (Fsp3) is 0.182. The third kappa shape index (κ3) is 3.13. The minimum absolute atomic E-state index is 0.153. The zero-order chi connectivity index (χ0) is 18.9. The number of ether oxygens (including phenoxy) is 1. The molecule has 1 fully saturated rings. The quantitative estimate of drug-likeness (QED) is 0.530. The summed E-state index contributed by atoms with van der Waals surface area (Å²) in [5.41, 5.74) is 5.83. The lowest BCUT2D eigenvalue weighted by Crippen LogP contribution is -2.20. The van der Waals surface area contributed by atoms with Gasteiger partial charge in [-0.15, -0.1) is 0 Å². The fourth-order valence-corrected chi connectivity index (χ4v) is 3.93. The van der Waals surface area contributed by atoms with Crippen LogP contribution in [0, 0.1) is 0 Å². The molecule has 1 atom stereocenters. The van der Waals surface area contributed by atoms with Gasteiger partial charge in [-0.2, -0.15) is 0 Å². The van der Waals surface area contributed by atoms with Crippen molar-refractivity contribution >= 4 is 22.6 Å². The van der Waals surface area contributed by atoms with Crippen LogP contribution in [0.2, 0.25) is 5.02 Å². The summed E-state index contributed by atoms with van der Waals surface area (Å²) in [6, 6.07) is 13.8. The molecule has 1 aliphatic heterocycles. The second-order valence-electron chi connectivity index (χ2n) is 6.89. The van der Waals surface area contributed by atoms with E-state index in [0.29, 0.717) is 5.02 Å². The summed E-state index contributed by atoms with van der Waals surface area (Å²) in [4.78, 5) is 12.4. The van der Waals surface area contributed by atoms with Gasteiger partial charge in [0.2, 0.25) is 0 Å². The molecule has 1 aromatic carbocycles. The van der Waals surface area contributed by atoms with Gasteiger partial charge in [0.15, 0.2) is 0 Å². The SMILES string of the molecule is Clc1cccc(-c2c(-c3ccncc3OC3CCNC3)[nH]c3cccnc23)c1. The molecule has 6 heteroatoms. The molecule has 0 spiro atoms. The van der Waals surface area contributed by atoms with E-state index in [-0.39, 0.29) is 6.10 Å². The number of pyridine rings is 2. The highest BCUT2D eigenvalue weighted by atomic mass is 35.5. The molecule has 1 unspecified atom stereocenters. The van der Waals surface area contributed by atoms with E-state index in [1.165, 1.54) is 0 Å². The topological polar surface area (TPSA) is 62.8 Å². The predicted octanol–water partition coefficient (Wildman–Crippen LogP) is 4.69. The third-order valence-electron chi connectivity index (χ3n) is 5.03. The van der Waals surface area contributed by atoms with Crippen molar-refractivity contribution < 1.29 is 4.74 Å². The lowest BCUT2D eigenvalue weighted by atomic mass is 10.0. The Kier molecular flexibility index (Phi) is 4.47. The van der Waals surface area contributed by atoms with Gasteiger partial charge >= 0.3 is 0 Å². The molecule has 0 amide bonds. The average molecular weight is 391 g/mol. The van der Waals surface area contributed by atoms with Crippen LogP contribution < -0.4 is 10.1 Å². The van der Waals surface area contributed by atoms with Gasteiger partial charge in [-0.1, -0.05) is 23.7 Å². The second kappa shape index (κ2) is 7.26. The second-order valence-corrected chi connectivity index (χ2v) is 7.33. The van der Waals surface area contributed by atoms with E-state index >= 15 is 0 Å². The first kappa shape index (κ1) is 17.2. The van der Waals surface area contributed by atoms with Crippen LogP contribution in [0.25, 0.3) is 33.4 Å². The average Bonchev–Trinajstić information content (AvgIpc) is 3.36. The van der Waals surface area contributed by atoms with E-state index in [1.54, 1.807) is 12.4 Å². The molecule has 0 saturated carbocycles. The Hall–Kier alpha value is -2.89. The van der Waals surface area contributed by atoms with Crippen molar-refractivity contribution in [2.75, 3.05) is 13.1 Å². The first-order valence-electron chi connectivity index (χ1n) is 9.34. The molecule has 0 aliphatic carbocycles. The van der Waals surface area contributed by atoms with E-state index < -0.39 is 0 Å². The maximum absolute atomic E-state index is 6.28. The molecule has 140 valence electrons. The molecule has 4 heterocycles. The number of rotatable bonds is 4. The minimum Gasteiger partial charge on any atom is -0.487 e. The zero-order valence-corrected chi connectivity index (χ0v) is 15.9. The molecule has 4 aromatic rings. The predicted molar refractivity (Wildman–Crippen MR) is 112 cm³/mol. The summed E-state index contributed by atoms with van der Waals surface area (Å²) in [6.45, 7) is 1.83. The number of fused-ring (bicyclic) bond motifs is 1. The number of benzene rings is 1. The molecule has 5 rings (SSSR count). The minimum atomic E-state index is 0.153. The molecular formula is C22H19ClN4O. The van der Waals surface area contributed by atoms with E-state index in [2.05, 4.69) is 26.3 Å². The molecule has 28 heavy (non-hydrogen) atoms. The maximum atomic E-state index is 6.28. The van der Waals surface area contributed by atoms with Gasteiger partial charge in [-0.05, 0) is 48.9 Å². The summed E-state index contributed by atoms with van der Waals surface area (Å²) in [7, 11) is 0. The van der Waals surface area contributed by atoms with Crippen LogP contribution in [-0.4, -0.2) is 34.1 Å². The summed E-state index contributed by atoms with van der Waals surface area (Å²) in [5.74, 6) is 0.769. The standard InChI is InChI=1S/C22H19ClN4O/c23-15-4-1-3-14(11-15)20-21(27-18-5-2-8-26-22(18)20)17-7-10-25-13-19(17)28-16-6-9-24-12-16/h1-5,7-8,10-11,13,16,24,27H,6,9,12H2. The number of halogens is 1. The third-order valence-corrected chi connectivity index (χ3v) is 5.27. The van der Waals surface area contributed by atoms with Crippen LogP contribution in [0.3, 0.4) is 0 Å². The normalized spacial score (nSPS) is 16.5. The summed E-state index contributed by atoms with van der Waals surface area (Å²) >= 11 is 6.28. The first-order valence-corrected chi connectivity index (χ1v) is 9.72. The monoisotopic (exact) mass is 390 g/mol. The first-order chi connectivity index (χ1) is 13.8. The highest BCUT2D eigenvalue weighted by Crippen LogP contribution is 2.41. The Morgan fingerprint density at radius 1 is 1.11 bits per heavy atom. The van der Waals surface area contributed by atoms with Crippen LogP contribution >= 0.6 is 11.6 Å². The van der Waals surface area contributed by atoms with E-state index in [9.17, 15) is 0 Å². The van der Waals surface area contributed by atoms with Gasteiger partial charge in [0, 0.05) is 35.1 Å². The van der Waals surface area contributed by atoms with E-state index in [4.69, 9.17) is 16.3 Å². The van der Waals surface area contributed by atoms with E-state index in [0.717, 1.165) is 58.7 Å². The Labute approximate surface area is 167 Å². The Morgan fingerprint density at radius 3 is 2.93 bits per heavy atom. The van der Waals surface area contributed by atoms with Crippen molar-refractivity contribution in [1.29, 1.82) is 0 Å². The van der Waals surface area contributed by atoms with Crippen LogP contribution in [-0.2, 0) is 0 Å². The van der Waals surface area contributed by atoms with E-state index in [1.807, 2.05) is 42.6 Å². The highest BCUT2D eigenvalue weighted by molar-refractivity contribution is 6.31. The van der Waals surface area contributed by atoms with Crippen molar-refractivity contribution in [2.45, 2.75) is 12.5 Å². The fourth-order valence-electron chi connectivity index (χ4n) is 3.74. The molecule has 3 aromatic heterocycles. The molecule has 5 nitrogen and oxygen atoms in total. The highest BCUT2D eigenvalue weighted by Gasteiger charge is 2.22. The zero-order valence-electron chi connectivity index (χ0n) is 15.2. The molecule has 1 aliphatic rings. The van der Waals surface area contributed by atoms with Crippen molar-refractivity contribution in [1.82, 2.24) is 20.3 Å². The number of aromatic nitrogens is 3. The summed E-state index contributed by atoms with van der Waals surface area (Å²) in [6.07, 6.45) is 6.52. The Morgan fingerprint density at radius 2 is 2.07 bits per heavy atom. The van der Waals surface area contributed by atoms with Crippen molar-refractivity contribution in [2.24, 2.45) is 0 Å². The van der Waals surface area contributed by atoms with Crippen molar-refractivity contribution in [3.8, 4) is 28.1 Å².